The summed E-state index contributed by atoms with van der Waals surface area (Å²) in [6.07, 6.45) is 1.45. The summed E-state index contributed by atoms with van der Waals surface area (Å²) in [7, 11) is -3.53. The summed E-state index contributed by atoms with van der Waals surface area (Å²) in [6, 6.07) is 3.04. The lowest BCUT2D eigenvalue weighted by Gasteiger charge is -2.18. The predicted octanol–water partition coefficient (Wildman–Crippen LogP) is 1.73. The first kappa shape index (κ1) is 13.2. The molecule has 7 heteroatoms. The SMILES string of the molecule is CCN(CC)S(=O)(=O)Nc1cc(Cl)ccn1. The number of anilines is 1. The Morgan fingerprint density at radius 1 is 1.44 bits per heavy atom. The number of rotatable bonds is 5. The smallest absolute Gasteiger partial charge is 0.254 e. The van der Waals surface area contributed by atoms with Gasteiger partial charge in [-0.2, -0.15) is 12.7 Å². The molecule has 0 aliphatic rings. The van der Waals surface area contributed by atoms with Gasteiger partial charge in [0.05, 0.1) is 0 Å². The van der Waals surface area contributed by atoms with Crippen molar-refractivity contribution in [3.05, 3.63) is 23.4 Å². The van der Waals surface area contributed by atoms with E-state index in [0.29, 0.717) is 18.1 Å². The topological polar surface area (TPSA) is 62.3 Å². The van der Waals surface area contributed by atoms with Crippen molar-refractivity contribution in [2.45, 2.75) is 13.8 Å². The van der Waals surface area contributed by atoms with E-state index >= 15 is 0 Å². The molecule has 0 fully saturated rings. The zero-order valence-electron chi connectivity index (χ0n) is 9.14. The van der Waals surface area contributed by atoms with Crippen LogP contribution in [-0.4, -0.2) is 30.8 Å². The van der Waals surface area contributed by atoms with Crippen LogP contribution in [0.1, 0.15) is 13.8 Å². The van der Waals surface area contributed by atoms with Gasteiger partial charge in [0.2, 0.25) is 0 Å². The number of nitrogens with zero attached hydrogens (tertiary/aromatic N) is 2. The van der Waals surface area contributed by atoms with Crippen LogP contribution in [0, 0.1) is 0 Å². The molecule has 1 aromatic heterocycles. The maximum absolute atomic E-state index is 11.8. The summed E-state index contributed by atoms with van der Waals surface area (Å²) in [5, 5.41) is 0.437. The molecule has 0 aliphatic heterocycles. The summed E-state index contributed by atoms with van der Waals surface area (Å²) in [5.74, 6) is 0.222. The van der Waals surface area contributed by atoms with Crippen LogP contribution in [0.25, 0.3) is 0 Å². The van der Waals surface area contributed by atoms with E-state index in [1.165, 1.54) is 16.6 Å². The average Bonchev–Trinajstić information content (AvgIpc) is 2.18. The molecule has 0 aliphatic carbocycles. The van der Waals surface area contributed by atoms with Gasteiger partial charge in [-0.1, -0.05) is 25.4 Å². The molecule has 5 nitrogen and oxygen atoms in total. The van der Waals surface area contributed by atoms with E-state index in [1.54, 1.807) is 19.9 Å². The Bertz CT molecular complexity index is 446. The van der Waals surface area contributed by atoms with E-state index in [4.69, 9.17) is 11.6 Å². The normalized spacial score (nSPS) is 11.8. The molecule has 1 N–H and O–H groups in total. The largest absolute Gasteiger partial charge is 0.302 e. The van der Waals surface area contributed by atoms with Gasteiger partial charge < -0.3 is 0 Å². The van der Waals surface area contributed by atoms with Crippen LogP contribution in [0.15, 0.2) is 18.3 Å². The molecule has 0 aromatic carbocycles. The van der Waals surface area contributed by atoms with Gasteiger partial charge in [0, 0.05) is 30.4 Å². The van der Waals surface area contributed by atoms with Gasteiger partial charge >= 0.3 is 10.2 Å². The summed E-state index contributed by atoms with van der Waals surface area (Å²) in [4.78, 5) is 3.87. The first-order chi connectivity index (χ1) is 7.49. The lowest BCUT2D eigenvalue weighted by atomic mass is 10.5. The van der Waals surface area contributed by atoms with Gasteiger partial charge in [-0.05, 0) is 6.07 Å². The molecule has 0 spiro atoms. The van der Waals surface area contributed by atoms with Crippen molar-refractivity contribution in [2.24, 2.45) is 0 Å². The number of nitrogens with one attached hydrogen (secondary N) is 1. The highest BCUT2D eigenvalue weighted by atomic mass is 35.5. The molecule has 0 radical (unpaired) electrons. The third-order valence-corrected chi connectivity index (χ3v) is 3.90. The highest BCUT2D eigenvalue weighted by Crippen LogP contribution is 2.14. The third kappa shape index (κ3) is 3.33. The van der Waals surface area contributed by atoms with Crippen molar-refractivity contribution in [2.75, 3.05) is 17.8 Å². The Balaban J connectivity index is 2.88. The molecule has 0 saturated carbocycles. The molecule has 0 saturated heterocycles. The summed E-state index contributed by atoms with van der Waals surface area (Å²) >= 11 is 5.73. The zero-order chi connectivity index (χ0) is 12.2. The van der Waals surface area contributed by atoms with E-state index < -0.39 is 10.2 Å². The van der Waals surface area contributed by atoms with E-state index in [2.05, 4.69) is 9.71 Å². The van der Waals surface area contributed by atoms with Gasteiger partial charge in [0.1, 0.15) is 5.82 Å². The van der Waals surface area contributed by atoms with Crippen LogP contribution in [0.4, 0.5) is 5.82 Å². The molecule has 90 valence electrons. The first-order valence-electron chi connectivity index (χ1n) is 4.89. The van der Waals surface area contributed by atoms with Crippen molar-refractivity contribution >= 4 is 27.6 Å². The van der Waals surface area contributed by atoms with Crippen molar-refractivity contribution in [1.82, 2.24) is 9.29 Å². The monoisotopic (exact) mass is 263 g/mol. The van der Waals surface area contributed by atoms with E-state index in [9.17, 15) is 8.42 Å². The Hall–Kier alpha value is -0.850. The lowest BCUT2D eigenvalue weighted by Crippen LogP contribution is -2.35. The second-order valence-electron chi connectivity index (χ2n) is 3.05. The highest BCUT2D eigenvalue weighted by molar-refractivity contribution is 7.90. The van der Waals surface area contributed by atoms with E-state index in [1.807, 2.05) is 0 Å². The van der Waals surface area contributed by atoms with Gasteiger partial charge in [0.25, 0.3) is 0 Å². The Kier molecular flexibility index (Phi) is 4.52. The molecule has 0 unspecified atom stereocenters. The Morgan fingerprint density at radius 2 is 2.06 bits per heavy atom. The summed E-state index contributed by atoms with van der Waals surface area (Å²) in [5.41, 5.74) is 0. The van der Waals surface area contributed by atoms with Crippen LogP contribution in [-0.2, 0) is 10.2 Å². The zero-order valence-corrected chi connectivity index (χ0v) is 10.7. The number of pyridine rings is 1. The van der Waals surface area contributed by atoms with Crippen LogP contribution >= 0.6 is 11.6 Å². The molecule has 1 heterocycles. The molecule has 0 bridgehead atoms. The predicted molar refractivity (Wildman–Crippen MR) is 64.7 cm³/mol. The molecule has 16 heavy (non-hydrogen) atoms. The second-order valence-corrected chi connectivity index (χ2v) is 5.16. The van der Waals surface area contributed by atoms with E-state index in [-0.39, 0.29) is 5.82 Å². The van der Waals surface area contributed by atoms with Gasteiger partial charge in [0.15, 0.2) is 0 Å². The third-order valence-electron chi connectivity index (χ3n) is 2.00. The van der Waals surface area contributed by atoms with Gasteiger partial charge in [-0.15, -0.1) is 0 Å². The maximum Gasteiger partial charge on any atom is 0.302 e. The Morgan fingerprint density at radius 3 is 2.56 bits per heavy atom. The van der Waals surface area contributed by atoms with Gasteiger partial charge in [-0.3, -0.25) is 4.72 Å². The maximum atomic E-state index is 11.8. The van der Waals surface area contributed by atoms with Crippen LogP contribution in [0.5, 0.6) is 0 Å². The Labute approximate surface area is 101 Å². The van der Waals surface area contributed by atoms with Crippen LogP contribution in [0.2, 0.25) is 5.02 Å². The van der Waals surface area contributed by atoms with Crippen molar-refractivity contribution in [3.8, 4) is 0 Å². The van der Waals surface area contributed by atoms with Crippen molar-refractivity contribution < 1.29 is 8.42 Å². The quantitative estimate of drug-likeness (QED) is 0.880. The fourth-order valence-electron chi connectivity index (χ4n) is 1.22. The summed E-state index contributed by atoms with van der Waals surface area (Å²) in [6.45, 7) is 4.36. The molecule has 0 atom stereocenters. The summed E-state index contributed by atoms with van der Waals surface area (Å²) < 4.78 is 27.3. The van der Waals surface area contributed by atoms with Crippen LogP contribution < -0.4 is 4.72 Å². The van der Waals surface area contributed by atoms with Crippen molar-refractivity contribution in [3.63, 3.8) is 0 Å². The van der Waals surface area contributed by atoms with Crippen molar-refractivity contribution in [1.29, 1.82) is 0 Å². The first-order valence-corrected chi connectivity index (χ1v) is 6.70. The second kappa shape index (κ2) is 5.47. The minimum Gasteiger partial charge on any atom is -0.254 e. The number of hydrogen-bond donors (Lipinski definition) is 1. The molecule has 1 aromatic rings. The van der Waals surface area contributed by atoms with Crippen LogP contribution in [0.3, 0.4) is 0 Å². The standard InChI is InChI=1S/C9H14ClN3O2S/c1-3-13(4-2)16(14,15)12-9-7-8(10)5-6-11-9/h5-7H,3-4H2,1-2H3,(H,11,12). The molecule has 0 amide bonds. The fourth-order valence-corrected chi connectivity index (χ4v) is 2.57. The average molecular weight is 264 g/mol. The minimum absolute atomic E-state index is 0.222. The number of aromatic nitrogens is 1. The molecular weight excluding hydrogens is 250 g/mol. The number of halogens is 1. The van der Waals surface area contributed by atoms with E-state index in [0.717, 1.165) is 0 Å². The molecule has 1 rings (SSSR count). The minimum atomic E-state index is -3.53. The number of hydrogen-bond acceptors (Lipinski definition) is 3. The highest BCUT2D eigenvalue weighted by Gasteiger charge is 2.18. The lowest BCUT2D eigenvalue weighted by molar-refractivity contribution is 0.449. The molecular formula is C9H14ClN3O2S. The van der Waals surface area contributed by atoms with Gasteiger partial charge in [-0.25, -0.2) is 4.98 Å². The fraction of sp³-hybridized carbons (Fsp3) is 0.444.